The van der Waals surface area contributed by atoms with Gasteiger partial charge in [-0.1, -0.05) is 31.2 Å². The molecule has 0 radical (unpaired) electrons. The van der Waals surface area contributed by atoms with Gasteiger partial charge in [0.2, 0.25) is 0 Å². The molecule has 25 heavy (non-hydrogen) atoms. The highest BCUT2D eigenvalue weighted by Gasteiger charge is 2.19. The first-order valence-electron chi connectivity index (χ1n) is 8.55. The fourth-order valence-electron chi connectivity index (χ4n) is 2.94. The fourth-order valence-corrected chi connectivity index (χ4v) is 2.94. The van der Waals surface area contributed by atoms with E-state index in [2.05, 4.69) is 12.2 Å². The average Bonchev–Trinajstić information content (AvgIpc) is 2.66. The summed E-state index contributed by atoms with van der Waals surface area (Å²) in [6.45, 7) is 4.99. The third-order valence-corrected chi connectivity index (χ3v) is 4.22. The van der Waals surface area contributed by atoms with Gasteiger partial charge >= 0.3 is 0 Å². The molecule has 0 bridgehead atoms. The molecule has 0 aliphatic carbocycles. The summed E-state index contributed by atoms with van der Waals surface area (Å²) in [6, 6.07) is 14.9. The zero-order chi connectivity index (χ0) is 17.8. The summed E-state index contributed by atoms with van der Waals surface area (Å²) < 4.78 is 7.14. The number of methoxy groups -OCH3 is 1. The highest BCUT2D eigenvalue weighted by molar-refractivity contribution is 5.78. The highest BCUT2D eigenvalue weighted by atomic mass is 16.5. The molecule has 1 atom stereocenters. The number of hydrogen-bond donors (Lipinski definition) is 1. The quantitative estimate of drug-likeness (QED) is 0.748. The molecule has 0 amide bonds. The van der Waals surface area contributed by atoms with Crippen LogP contribution in [-0.4, -0.2) is 23.2 Å². The lowest BCUT2D eigenvalue weighted by Gasteiger charge is -2.20. The molecule has 5 heteroatoms. The molecule has 2 aromatic carbocycles. The number of ether oxygens (including phenoxy) is 1. The second kappa shape index (κ2) is 7.49. The summed E-state index contributed by atoms with van der Waals surface area (Å²) in [4.78, 5) is 18.0. The van der Waals surface area contributed by atoms with Crippen molar-refractivity contribution in [3.8, 4) is 11.4 Å². The first-order chi connectivity index (χ1) is 12.2. The monoisotopic (exact) mass is 337 g/mol. The molecule has 1 N–H and O–H groups in total. The minimum absolute atomic E-state index is 0.0674. The zero-order valence-electron chi connectivity index (χ0n) is 14.8. The number of fused-ring (bicyclic) bond motifs is 1. The predicted octanol–water partition coefficient (Wildman–Crippen LogP) is 3.45. The molecule has 3 aromatic rings. The Morgan fingerprint density at radius 2 is 1.88 bits per heavy atom. The van der Waals surface area contributed by atoms with E-state index < -0.39 is 0 Å². The van der Waals surface area contributed by atoms with E-state index >= 15 is 0 Å². The normalized spacial score (nSPS) is 12.3. The Kier molecular flexibility index (Phi) is 5.14. The van der Waals surface area contributed by atoms with Gasteiger partial charge in [-0.3, -0.25) is 9.36 Å². The van der Waals surface area contributed by atoms with Gasteiger partial charge in [-0.2, -0.15) is 0 Å². The van der Waals surface area contributed by atoms with Gasteiger partial charge in [0, 0.05) is 0 Å². The number of aromatic nitrogens is 2. The van der Waals surface area contributed by atoms with E-state index in [4.69, 9.17) is 9.72 Å². The lowest BCUT2D eigenvalue weighted by molar-refractivity contribution is 0.411. The zero-order valence-corrected chi connectivity index (χ0v) is 14.8. The van der Waals surface area contributed by atoms with Crippen LogP contribution in [0.2, 0.25) is 0 Å². The van der Waals surface area contributed by atoms with Crippen molar-refractivity contribution in [2.24, 2.45) is 0 Å². The van der Waals surface area contributed by atoms with Crippen LogP contribution < -0.4 is 15.6 Å². The summed E-state index contributed by atoms with van der Waals surface area (Å²) in [5.74, 6) is 1.33. The number of rotatable bonds is 6. The molecule has 0 fully saturated rings. The van der Waals surface area contributed by atoms with Crippen LogP contribution in [0.3, 0.4) is 0 Å². The lowest BCUT2D eigenvalue weighted by Crippen LogP contribution is -2.30. The summed E-state index contributed by atoms with van der Waals surface area (Å²) in [5.41, 5.74) is 1.32. The molecule has 0 aliphatic heterocycles. The van der Waals surface area contributed by atoms with Crippen molar-refractivity contribution >= 4 is 10.9 Å². The second-order valence-corrected chi connectivity index (χ2v) is 5.98. The van der Waals surface area contributed by atoms with Crippen LogP contribution in [0, 0.1) is 0 Å². The molecule has 1 unspecified atom stereocenters. The largest absolute Gasteiger partial charge is 0.495 e. The molecule has 0 aliphatic rings. The van der Waals surface area contributed by atoms with E-state index in [1.807, 2.05) is 55.5 Å². The van der Waals surface area contributed by atoms with Crippen molar-refractivity contribution in [1.82, 2.24) is 14.9 Å². The van der Waals surface area contributed by atoms with Crippen molar-refractivity contribution in [2.45, 2.75) is 26.3 Å². The van der Waals surface area contributed by atoms with Gasteiger partial charge in [0.15, 0.2) is 0 Å². The maximum Gasteiger partial charge on any atom is 0.266 e. The number of hydrogen-bond acceptors (Lipinski definition) is 4. The van der Waals surface area contributed by atoms with Gasteiger partial charge in [0.05, 0.1) is 29.7 Å². The number of nitrogens with zero attached hydrogens (tertiary/aromatic N) is 2. The van der Waals surface area contributed by atoms with Crippen molar-refractivity contribution in [3.63, 3.8) is 0 Å². The van der Waals surface area contributed by atoms with Gasteiger partial charge in [-0.05, 0) is 44.2 Å². The average molecular weight is 337 g/mol. The topological polar surface area (TPSA) is 56.2 Å². The van der Waals surface area contributed by atoms with Crippen LogP contribution >= 0.6 is 0 Å². The first-order valence-corrected chi connectivity index (χ1v) is 8.55. The van der Waals surface area contributed by atoms with Crippen LogP contribution in [0.5, 0.6) is 5.75 Å². The van der Waals surface area contributed by atoms with Crippen molar-refractivity contribution in [1.29, 1.82) is 0 Å². The summed E-state index contributed by atoms with van der Waals surface area (Å²) >= 11 is 0. The number of benzene rings is 2. The van der Waals surface area contributed by atoms with E-state index in [0.29, 0.717) is 28.2 Å². The molecule has 5 nitrogen and oxygen atoms in total. The standard InChI is InChI=1S/C20H23N3O2/c1-4-13-21-14(2)19-22-16-10-6-5-9-15(16)20(24)23(19)17-11-7-8-12-18(17)25-3/h5-12,14,21H,4,13H2,1-3H3. The van der Waals surface area contributed by atoms with E-state index in [-0.39, 0.29) is 11.6 Å². The predicted molar refractivity (Wildman–Crippen MR) is 101 cm³/mol. The van der Waals surface area contributed by atoms with Crippen LogP contribution in [0.4, 0.5) is 0 Å². The maximum absolute atomic E-state index is 13.2. The van der Waals surface area contributed by atoms with Crippen LogP contribution in [0.1, 0.15) is 32.1 Å². The van der Waals surface area contributed by atoms with Gasteiger partial charge in [0.1, 0.15) is 11.6 Å². The first kappa shape index (κ1) is 17.2. The molecule has 3 rings (SSSR count). The minimum Gasteiger partial charge on any atom is -0.495 e. The molecule has 0 saturated heterocycles. The van der Waals surface area contributed by atoms with Crippen molar-refractivity contribution in [2.75, 3.05) is 13.7 Å². The van der Waals surface area contributed by atoms with Crippen LogP contribution in [-0.2, 0) is 0 Å². The molecule has 1 aromatic heterocycles. The Morgan fingerprint density at radius 1 is 1.16 bits per heavy atom. The van der Waals surface area contributed by atoms with E-state index in [0.717, 1.165) is 13.0 Å². The SMILES string of the molecule is CCCNC(C)c1nc2ccccc2c(=O)n1-c1ccccc1OC. The fraction of sp³-hybridized carbons (Fsp3) is 0.300. The van der Waals surface area contributed by atoms with Gasteiger partial charge in [-0.15, -0.1) is 0 Å². The summed E-state index contributed by atoms with van der Waals surface area (Å²) in [7, 11) is 1.61. The van der Waals surface area contributed by atoms with E-state index in [1.165, 1.54) is 0 Å². The van der Waals surface area contributed by atoms with Crippen molar-refractivity contribution < 1.29 is 4.74 Å². The minimum atomic E-state index is -0.0877. The van der Waals surface area contributed by atoms with Crippen LogP contribution in [0.25, 0.3) is 16.6 Å². The summed E-state index contributed by atoms with van der Waals surface area (Å²) in [5, 5.41) is 4.02. The molecular weight excluding hydrogens is 314 g/mol. The summed E-state index contributed by atoms with van der Waals surface area (Å²) in [6.07, 6.45) is 1.01. The molecule has 1 heterocycles. The third kappa shape index (κ3) is 3.28. The Morgan fingerprint density at radius 3 is 2.64 bits per heavy atom. The van der Waals surface area contributed by atoms with E-state index in [1.54, 1.807) is 11.7 Å². The van der Waals surface area contributed by atoms with E-state index in [9.17, 15) is 4.79 Å². The Balaban J connectivity index is 2.31. The van der Waals surface area contributed by atoms with Gasteiger partial charge < -0.3 is 10.1 Å². The Labute approximate surface area is 147 Å². The number of nitrogens with one attached hydrogen (secondary N) is 1. The smallest absolute Gasteiger partial charge is 0.266 e. The molecule has 130 valence electrons. The second-order valence-electron chi connectivity index (χ2n) is 5.98. The molecule has 0 spiro atoms. The molecule has 0 saturated carbocycles. The highest BCUT2D eigenvalue weighted by Crippen LogP contribution is 2.25. The van der Waals surface area contributed by atoms with Gasteiger partial charge in [0.25, 0.3) is 5.56 Å². The Bertz CT molecular complexity index is 934. The van der Waals surface area contributed by atoms with Gasteiger partial charge in [-0.25, -0.2) is 4.98 Å². The molecular formula is C20H23N3O2. The maximum atomic E-state index is 13.2. The lowest BCUT2D eigenvalue weighted by atomic mass is 10.2. The number of para-hydroxylation sites is 3. The third-order valence-electron chi connectivity index (χ3n) is 4.22. The van der Waals surface area contributed by atoms with Crippen molar-refractivity contribution in [3.05, 3.63) is 64.7 Å². The van der Waals surface area contributed by atoms with Crippen LogP contribution in [0.15, 0.2) is 53.3 Å². The Hall–Kier alpha value is -2.66.